The van der Waals surface area contributed by atoms with E-state index in [1.165, 1.54) is 10.8 Å². The number of rotatable bonds is 5. The van der Waals surface area contributed by atoms with Crippen molar-refractivity contribution in [2.75, 3.05) is 5.75 Å². The van der Waals surface area contributed by atoms with Crippen LogP contribution in [0.5, 0.6) is 0 Å². The van der Waals surface area contributed by atoms with E-state index in [1.807, 2.05) is 0 Å². The number of aryl methyl sites for hydroxylation is 1. The first kappa shape index (κ1) is 12.4. The predicted octanol–water partition coefficient (Wildman–Crippen LogP) is 1.29. The maximum absolute atomic E-state index is 11.3. The second-order valence-corrected chi connectivity index (χ2v) is 4.07. The third-order valence-corrected chi connectivity index (χ3v) is 2.61. The molecule has 6 heteroatoms. The number of aromatic amines is 1. The quantitative estimate of drug-likeness (QED) is 0.610. The molecule has 0 spiro atoms. The number of H-pyrrole nitrogens is 1. The van der Waals surface area contributed by atoms with Gasteiger partial charge >= 0.3 is 5.69 Å². The first-order valence-electron chi connectivity index (χ1n) is 4.75. The Hall–Kier alpha value is -0.680. The molecule has 84 valence electrons. The summed E-state index contributed by atoms with van der Waals surface area (Å²) in [5.74, 6) is 0.848. The SMILES string of the molecule is O=c1[nH]c(=O)n(CCCCCS)cc1Cl. The van der Waals surface area contributed by atoms with Crippen LogP contribution in [0.1, 0.15) is 19.3 Å². The van der Waals surface area contributed by atoms with Crippen LogP contribution in [0.3, 0.4) is 0 Å². The summed E-state index contributed by atoms with van der Waals surface area (Å²) in [5.41, 5.74) is -0.941. The lowest BCUT2D eigenvalue weighted by Crippen LogP contribution is -2.29. The van der Waals surface area contributed by atoms with Crippen LogP contribution in [-0.4, -0.2) is 15.3 Å². The highest BCUT2D eigenvalue weighted by Gasteiger charge is 2.01. The van der Waals surface area contributed by atoms with Gasteiger partial charge in [-0.3, -0.25) is 14.3 Å². The molecule has 0 aliphatic heterocycles. The highest BCUT2D eigenvalue weighted by molar-refractivity contribution is 7.80. The number of unbranched alkanes of at least 4 members (excludes halogenated alkanes) is 2. The fourth-order valence-corrected chi connectivity index (χ4v) is 1.61. The molecule has 1 rings (SSSR count). The van der Waals surface area contributed by atoms with E-state index < -0.39 is 11.2 Å². The van der Waals surface area contributed by atoms with Gasteiger partial charge < -0.3 is 0 Å². The third-order valence-electron chi connectivity index (χ3n) is 2.02. The van der Waals surface area contributed by atoms with Gasteiger partial charge in [0.25, 0.3) is 5.56 Å². The van der Waals surface area contributed by atoms with E-state index in [1.54, 1.807) is 0 Å². The van der Waals surface area contributed by atoms with E-state index in [4.69, 9.17) is 11.6 Å². The Morgan fingerprint density at radius 2 is 2.07 bits per heavy atom. The van der Waals surface area contributed by atoms with E-state index in [2.05, 4.69) is 17.6 Å². The lowest BCUT2D eigenvalue weighted by Gasteiger charge is -2.04. The van der Waals surface area contributed by atoms with Crippen molar-refractivity contribution in [3.8, 4) is 0 Å². The predicted molar refractivity (Wildman–Crippen MR) is 64.0 cm³/mol. The van der Waals surface area contributed by atoms with Crippen LogP contribution in [-0.2, 0) is 6.54 Å². The van der Waals surface area contributed by atoms with Gasteiger partial charge in [-0.25, -0.2) is 4.79 Å². The van der Waals surface area contributed by atoms with Crippen LogP contribution < -0.4 is 11.2 Å². The molecule has 0 amide bonds. The first-order valence-corrected chi connectivity index (χ1v) is 5.76. The third kappa shape index (κ3) is 3.76. The van der Waals surface area contributed by atoms with Crippen LogP contribution in [0, 0.1) is 0 Å². The summed E-state index contributed by atoms with van der Waals surface area (Å²) in [6.07, 6.45) is 4.29. The van der Waals surface area contributed by atoms with Gasteiger partial charge in [0.15, 0.2) is 0 Å². The van der Waals surface area contributed by atoms with Gasteiger partial charge in [-0.1, -0.05) is 18.0 Å². The summed E-state index contributed by atoms with van der Waals surface area (Å²) >= 11 is 9.70. The van der Waals surface area contributed by atoms with Gasteiger partial charge in [0, 0.05) is 12.7 Å². The van der Waals surface area contributed by atoms with Crippen molar-refractivity contribution in [1.29, 1.82) is 0 Å². The molecular weight excluding hydrogens is 236 g/mol. The van der Waals surface area contributed by atoms with Gasteiger partial charge in [-0.05, 0) is 18.6 Å². The molecule has 0 aromatic carbocycles. The summed E-state index contributed by atoms with van der Waals surface area (Å²) in [6.45, 7) is 0.573. The van der Waals surface area contributed by atoms with Gasteiger partial charge in [-0.2, -0.15) is 12.6 Å². The molecule has 0 atom stereocenters. The van der Waals surface area contributed by atoms with Crippen LogP contribution in [0.4, 0.5) is 0 Å². The Bertz CT molecular complexity index is 427. The highest BCUT2D eigenvalue weighted by atomic mass is 35.5. The molecule has 4 nitrogen and oxygen atoms in total. The number of aromatic nitrogens is 2. The van der Waals surface area contributed by atoms with E-state index in [-0.39, 0.29) is 5.02 Å². The Morgan fingerprint density at radius 3 is 2.73 bits per heavy atom. The van der Waals surface area contributed by atoms with E-state index in [9.17, 15) is 9.59 Å². The molecular formula is C9H13ClN2O2S. The number of halogens is 1. The monoisotopic (exact) mass is 248 g/mol. The maximum atomic E-state index is 11.3. The number of thiol groups is 1. The standard InChI is InChI=1S/C9H13ClN2O2S/c10-7-6-12(4-2-1-3-5-15)9(14)11-8(7)13/h6,15H,1-5H2,(H,11,13,14). The van der Waals surface area contributed by atoms with E-state index >= 15 is 0 Å². The summed E-state index contributed by atoms with van der Waals surface area (Å²) in [6, 6.07) is 0. The Kier molecular flexibility index (Phi) is 4.98. The lowest BCUT2D eigenvalue weighted by atomic mass is 10.2. The molecule has 0 aliphatic carbocycles. The van der Waals surface area contributed by atoms with E-state index in [0.717, 1.165) is 25.0 Å². The molecule has 1 N–H and O–H groups in total. The fourth-order valence-electron chi connectivity index (χ4n) is 1.22. The Balaban J connectivity index is 2.66. The summed E-state index contributed by atoms with van der Waals surface area (Å²) in [4.78, 5) is 24.4. The van der Waals surface area contributed by atoms with Gasteiger partial charge in [0.05, 0.1) is 0 Å². The molecule has 0 saturated heterocycles. The zero-order valence-electron chi connectivity index (χ0n) is 8.20. The zero-order valence-corrected chi connectivity index (χ0v) is 9.85. The van der Waals surface area contributed by atoms with Crippen molar-refractivity contribution < 1.29 is 0 Å². The molecule has 0 fully saturated rings. The van der Waals surface area contributed by atoms with Crippen LogP contribution in [0.2, 0.25) is 5.02 Å². The molecule has 0 aliphatic rings. The van der Waals surface area contributed by atoms with Crippen molar-refractivity contribution in [2.24, 2.45) is 0 Å². The van der Waals surface area contributed by atoms with Crippen molar-refractivity contribution in [2.45, 2.75) is 25.8 Å². The van der Waals surface area contributed by atoms with Crippen molar-refractivity contribution in [3.05, 3.63) is 32.1 Å². The molecule has 0 unspecified atom stereocenters. The zero-order chi connectivity index (χ0) is 11.3. The number of hydrogen-bond acceptors (Lipinski definition) is 3. The minimum Gasteiger partial charge on any atom is -0.299 e. The molecule has 0 saturated carbocycles. The van der Waals surface area contributed by atoms with Gasteiger partial charge in [0.2, 0.25) is 0 Å². The van der Waals surface area contributed by atoms with Crippen molar-refractivity contribution in [3.63, 3.8) is 0 Å². The summed E-state index contributed by atoms with van der Waals surface area (Å²) in [5, 5.41) is 0.0452. The van der Waals surface area contributed by atoms with Crippen LogP contribution >= 0.6 is 24.2 Å². The molecule has 1 aromatic rings. The lowest BCUT2D eigenvalue weighted by molar-refractivity contribution is 0.576. The number of nitrogens with zero attached hydrogens (tertiary/aromatic N) is 1. The fraction of sp³-hybridized carbons (Fsp3) is 0.556. The minimum absolute atomic E-state index is 0.0452. The van der Waals surface area contributed by atoms with E-state index in [0.29, 0.717) is 6.54 Å². The normalized spacial score (nSPS) is 10.5. The Labute approximate surface area is 97.7 Å². The van der Waals surface area contributed by atoms with Crippen molar-refractivity contribution in [1.82, 2.24) is 9.55 Å². The molecule has 0 radical (unpaired) electrons. The number of hydrogen-bond donors (Lipinski definition) is 2. The van der Waals surface area contributed by atoms with Crippen LogP contribution in [0.15, 0.2) is 15.8 Å². The van der Waals surface area contributed by atoms with Crippen molar-refractivity contribution >= 4 is 24.2 Å². The number of nitrogens with one attached hydrogen (secondary N) is 1. The average molecular weight is 249 g/mol. The minimum atomic E-state index is -0.534. The largest absolute Gasteiger partial charge is 0.328 e. The molecule has 1 aromatic heterocycles. The molecule has 1 heterocycles. The maximum Gasteiger partial charge on any atom is 0.328 e. The summed E-state index contributed by atoms with van der Waals surface area (Å²) < 4.78 is 1.42. The molecule has 15 heavy (non-hydrogen) atoms. The molecule has 0 bridgehead atoms. The summed E-state index contributed by atoms with van der Waals surface area (Å²) in [7, 11) is 0. The first-order chi connectivity index (χ1) is 7.15. The van der Waals surface area contributed by atoms with Gasteiger partial charge in [0.1, 0.15) is 5.02 Å². The van der Waals surface area contributed by atoms with Crippen LogP contribution in [0.25, 0.3) is 0 Å². The second-order valence-electron chi connectivity index (χ2n) is 3.21. The smallest absolute Gasteiger partial charge is 0.299 e. The Morgan fingerprint density at radius 1 is 1.33 bits per heavy atom. The average Bonchev–Trinajstić information content (AvgIpc) is 2.20. The topological polar surface area (TPSA) is 54.9 Å². The van der Waals surface area contributed by atoms with Gasteiger partial charge in [-0.15, -0.1) is 0 Å². The highest BCUT2D eigenvalue weighted by Crippen LogP contribution is 2.00. The second kappa shape index (κ2) is 6.02.